The van der Waals surface area contributed by atoms with Crippen molar-refractivity contribution in [1.29, 1.82) is 0 Å². The van der Waals surface area contributed by atoms with E-state index in [1.807, 2.05) is 38.1 Å². The summed E-state index contributed by atoms with van der Waals surface area (Å²) in [4.78, 5) is 17.4. The predicted octanol–water partition coefficient (Wildman–Crippen LogP) is 2.79. The van der Waals surface area contributed by atoms with Crippen LogP contribution in [0.15, 0.2) is 45.9 Å². The van der Waals surface area contributed by atoms with Crippen molar-refractivity contribution in [3.8, 4) is 18.1 Å². The summed E-state index contributed by atoms with van der Waals surface area (Å²) >= 11 is 0. The van der Waals surface area contributed by atoms with Crippen LogP contribution in [0.25, 0.3) is 5.70 Å². The van der Waals surface area contributed by atoms with Crippen LogP contribution < -0.4 is 10.4 Å². The van der Waals surface area contributed by atoms with Crippen LogP contribution in [0, 0.1) is 31.1 Å². The number of aryl methyl sites for hydroxylation is 2. The number of benzene rings is 1. The Balaban J connectivity index is 1.85. The fourth-order valence-corrected chi connectivity index (χ4v) is 3.36. The number of rotatable bonds is 7. The standard InChI is InChI=1S/C23H27N5O3/c1-7-12-31-24-18(5)19-9-11-22(16(3)13-19)30-14-20-17(4)15(2)8-10-21(20)28-23(29)27(6)25-26-28/h1,8-11,13,15,17H,12,14H2,2-6H3. The average Bonchev–Trinajstić information content (AvgIpc) is 3.08. The molecule has 0 aliphatic heterocycles. The van der Waals surface area contributed by atoms with E-state index in [0.29, 0.717) is 18.2 Å². The maximum Gasteiger partial charge on any atom is 0.368 e. The van der Waals surface area contributed by atoms with E-state index >= 15 is 0 Å². The van der Waals surface area contributed by atoms with Crippen molar-refractivity contribution in [1.82, 2.24) is 19.8 Å². The molecule has 8 heteroatoms. The van der Waals surface area contributed by atoms with Gasteiger partial charge in [-0.1, -0.05) is 31.0 Å². The molecular formula is C23H27N5O3. The second-order valence-electron chi connectivity index (χ2n) is 7.64. The molecule has 162 valence electrons. The van der Waals surface area contributed by atoms with Gasteiger partial charge in [-0.3, -0.25) is 0 Å². The van der Waals surface area contributed by atoms with Crippen molar-refractivity contribution in [2.24, 2.45) is 24.0 Å². The van der Waals surface area contributed by atoms with E-state index in [4.69, 9.17) is 16.0 Å². The van der Waals surface area contributed by atoms with Gasteiger partial charge in [0.05, 0.1) is 11.4 Å². The Morgan fingerprint density at radius 2 is 2.10 bits per heavy atom. The number of hydrogen-bond acceptors (Lipinski definition) is 6. The van der Waals surface area contributed by atoms with Crippen LogP contribution >= 0.6 is 0 Å². The van der Waals surface area contributed by atoms with Gasteiger partial charge in [0.15, 0.2) is 6.61 Å². The van der Waals surface area contributed by atoms with E-state index in [9.17, 15) is 4.79 Å². The van der Waals surface area contributed by atoms with Crippen molar-refractivity contribution >= 4 is 11.4 Å². The minimum absolute atomic E-state index is 0.134. The van der Waals surface area contributed by atoms with Gasteiger partial charge in [-0.25, -0.2) is 4.79 Å². The number of allylic oxidation sites excluding steroid dienone is 3. The molecule has 0 amide bonds. The number of tetrazole rings is 1. The Morgan fingerprint density at radius 3 is 2.74 bits per heavy atom. The van der Waals surface area contributed by atoms with Gasteiger partial charge >= 0.3 is 5.69 Å². The lowest BCUT2D eigenvalue weighted by molar-refractivity contribution is 0.180. The Labute approximate surface area is 181 Å². The molecular weight excluding hydrogens is 394 g/mol. The fourth-order valence-electron chi connectivity index (χ4n) is 3.36. The van der Waals surface area contributed by atoms with Crippen molar-refractivity contribution in [2.45, 2.75) is 27.7 Å². The van der Waals surface area contributed by atoms with E-state index in [-0.39, 0.29) is 18.2 Å². The molecule has 0 spiro atoms. The van der Waals surface area contributed by atoms with Crippen molar-refractivity contribution < 1.29 is 9.57 Å². The summed E-state index contributed by atoms with van der Waals surface area (Å²) in [5.74, 6) is 3.65. The molecule has 0 radical (unpaired) electrons. The van der Waals surface area contributed by atoms with E-state index in [1.165, 1.54) is 9.36 Å². The first-order valence-corrected chi connectivity index (χ1v) is 10.1. The lowest BCUT2D eigenvalue weighted by Crippen LogP contribution is -2.27. The molecule has 1 aromatic carbocycles. The van der Waals surface area contributed by atoms with Gasteiger partial charge in [-0.2, -0.15) is 9.36 Å². The van der Waals surface area contributed by atoms with Crippen LogP contribution in [0.4, 0.5) is 0 Å². The zero-order valence-corrected chi connectivity index (χ0v) is 18.5. The zero-order valence-electron chi connectivity index (χ0n) is 18.5. The highest BCUT2D eigenvalue weighted by atomic mass is 16.6. The van der Waals surface area contributed by atoms with Gasteiger partial charge in [-0.05, 0) is 77.1 Å². The molecule has 8 nitrogen and oxygen atoms in total. The molecule has 31 heavy (non-hydrogen) atoms. The van der Waals surface area contributed by atoms with E-state index in [0.717, 1.165) is 28.2 Å². The first kappa shape index (κ1) is 22.1. The monoisotopic (exact) mass is 421 g/mol. The third-order valence-electron chi connectivity index (χ3n) is 5.50. The summed E-state index contributed by atoms with van der Waals surface area (Å²) in [5.41, 5.74) is 4.05. The maximum absolute atomic E-state index is 12.4. The quantitative estimate of drug-likeness (QED) is 0.297. The number of hydrogen-bond donors (Lipinski definition) is 0. The number of aromatic nitrogens is 4. The minimum Gasteiger partial charge on any atom is -0.489 e. The Bertz CT molecular complexity index is 1150. The first-order chi connectivity index (χ1) is 14.8. The summed E-state index contributed by atoms with van der Waals surface area (Å²) in [6.07, 6.45) is 9.17. The molecule has 0 saturated carbocycles. The Hall–Kier alpha value is -3.60. The molecule has 0 bridgehead atoms. The lowest BCUT2D eigenvalue weighted by Gasteiger charge is -2.27. The Morgan fingerprint density at radius 1 is 1.32 bits per heavy atom. The van der Waals surface area contributed by atoms with Crippen molar-refractivity contribution in [3.05, 3.63) is 57.5 Å². The van der Waals surface area contributed by atoms with Crippen LogP contribution in [0.3, 0.4) is 0 Å². The second-order valence-corrected chi connectivity index (χ2v) is 7.64. The van der Waals surface area contributed by atoms with Crippen molar-refractivity contribution in [3.63, 3.8) is 0 Å². The number of terminal acetylenes is 1. The molecule has 2 atom stereocenters. The van der Waals surface area contributed by atoms with E-state index in [1.54, 1.807) is 7.05 Å². The first-order valence-electron chi connectivity index (χ1n) is 10.1. The highest BCUT2D eigenvalue weighted by Crippen LogP contribution is 2.32. The largest absolute Gasteiger partial charge is 0.489 e. The molecule has 1 aromatic heterocycles. The van der Waals surface area contributed by atoms with Gasteiger partial charge in [-0.15, -0.1) is 6.42 Å². The van der Waals surface area contributed by atoms with E-state index in [2.05, 4.69) is 41.4 Å². The summed E-state index contributed by atoms with van der Waals surface area (Å²) < 4.78 is 8.70. The predicted molar refractivity (Wildman–Crippen MR) is 120 cm³/mol. The average molecular weight is 422 g/mol. The molecule has 1 heterocycles. The smallest absolute Gasteiger partial charge is 0.368 e. The van der Waals surface area contributed by atoms with Crippen LogP contribution in [0.1, 0.15) is 31.9 Å². The zero-order chi connectivity index (χ0) is 22.5. The molecule has 0 fully saturated rings. The summed E-state index contributed by atoms with van der Waals surface area (Å²) in [5, 5.41) is 11.8. The molecule has 2 unspecified atom stereocenters. The molecule has 0 saturated heterocycles. The highest BCUT2D eigenvalue weighted by Gasteiger charge is 2.25. The summed E-state index contributed by atoms with van der Waals surface area (Å²) in [6.45, 7) is 8.58. The SMILES string of the molecule is C#CCON=C(C)c1ccc(OCC2=C(n3nnn(C)c3=O)C=CC(C)C2C)c(C)c1. The van der Waals surface area contributed by atoms with Crippen LogP contribution in [0.2, 0.25) is 0 Å². The van der Waals surface area contributed by atoms with Crippen molar-refractivity contribution in [2.75, 3.05) is 13.2 Å². The molecule has 1 aliphatic rings. The number of ether oxygens (including phenoxy) is 1. The third kappa shape index (κ3) is 4.77. The molecule has 3 rings (SSSR count). The highest BCUT2D eigenvalue weighted by molar-refractivity contribution is 5.98. The van der Waals surface area contributed by atoms with Crippen LogP contribution in [-0.2, 0) is 11.9 Å². The third-order valence-corrected chi connectivity index (χ3v) is 5.50. The maximum atomic E-state index is 12.4. The van der Waals surface area contributed by atoms with Crippen LogP contribution in [0.5, 0.6) is 5.75 Å². The number of oxime groups is 1. The summed E-state index contributed by atoms with van der Waals surface area (Å²) in [6, 6.07) is 5.82. The van der Waals surface area contributed by atoms with Gasteiger partial charge < -0.3 is 9.57 Å². The fraction of sp³-hybridized carbons (Fsp3) is 0.391. The topological polar surface area (TPSA) is 83.5 Å². The number of nitrogens with zero attached hydrogens (tertiary/aromatic N) is 5. The van der Waals surface area contributed by atoms with Gasteiger partial charge in [0.2, 0.25) is 0 Å². The van der Waals surface area contributed by atoms with Gasteiger partial charge in [0.25, 0.3) is 0 Å². The van der Waals surface area contributed by atoms with E-state index < -0.39 is 0 Å². The van der Waals surface area contributed by atoms with Gasteiger partial charge in [0, 0.05) is 7.05 Å². The molecule has 0 N–H and O–H groups in total. The minimum atomic E-state index is -0.291. The van der Waals surface area contributed by atoms with Gasteiger partial charge in [0.1, 0.15) is 12.4 Å². The summed E-state index contributed by atoms with van der Waals surface area (Å²) in [7, 11) is 1.58. The second kappa shape index (κ2) is 9.47. The molecule has 2 aromatic rings. The lowest BCUT2D eigenvalue weighted by atomic mass is 9.83. The normalized spacial score (nSPS) is 18.8. The van der Waals surface area contributed by atoms with Crippen LogP contribution in [-0.4, -0.2) is 38.7 Å². The molecule has 1 aliphatic carbocycles. The Kier molecular flexibility index (Phi) is 6.75.